The molecular formula is C10H18N2O4. The topological polar surface area (TPSA) is 78.9 Å². The molecule has 0 aromatic rings. The summed E-state index contributed by atoms with van der Waals surface area (Å²) in [5.41, 5.74) is -0.818. The van der Waals surface area contributed by atoms with E-state index in [4.69, 9.17) is 0 Å². The molecule has 6 heteroatoms. The quantitative estimate of drug-likeness (QED) is 0.653. The van der Waals surface area contributed by atoms with E-state index in [-0.39, 0.29) is 12.6 Å². The maximum absolute atomic E-state index is 11.5. The van der Waals surface area contributed by atoms with E-state index in [1.807, 2.05) is 0 Å². The van der Waals surface area contributed by atoms with Gasteiger partial charge < -0.3 is 20.1 Å². The van der Waals surface area contributed by atoms with Gasteiger partial charge in [0, 0.05) is 6.54 Å². The summed E-state index contributed by atoms with van der Waals surface area (Å²) in [7, 11) is 0. The fourth-order valence-corrected chi connectivity index (χ4v) is 1.59. The van der Waals surface area contributed by atoms with Crippen molar-refractivity contribution >= 4 is 12.0 Å². The van der Waals surface area contributed by atoms with Crippen molar-refractivity contribution in [1.29, 1.82) is 0 Å². The van der Waals surface area contributed by atoms with Crippen molar-refractivity contribution in [2.45, 2.75) is 25.9 Å². The third-order valence-corrected chi connectivity index (χ3v) is 2.43. The van der Waals surface area contributed by atoms with Crippen molar-refractivity contribution in [3.8, 4) is 0 Å². The van der Waals surface area contributed by atoms with Gasteiger partial charge in [-0.25, -0.2) is 4.79 Å². The number of ether oxygens (including phenoxy) is 1. The van der Waals surface area contributed by atoms with Crippen LogP contribution in [0.4, 0.5) is 4.79 Å². The molecule has 1 aliphatic heterocycles. The molecule has 0 aromatic carbocycles. The van der Waals surface area contributed by atoms with E-state index in [2.05, 4.69) is 10.1 Å². The molecule has 1 atom stereocenters. The van der Waals surface area contributed by atoms with Crippen LogP contribution in [-0.4, -0.2) is 53.8 Å². The lowest BCUT2D eigenvalue weighted by atomic mass is 10.1. The number of esters is 1. The minimum absolute atomic E-state index is 0.134. The Morgan fingerprint density at radius 2 is 2.25 bits per heavy atom. The van der Waals surface area contributed by atoms with Gasteiger partial charge in [0.25, 0.3) is 0 Å². The lowest BCUT2D eigenvalue weighted by Crippen LogP contribution is -2.42. The number of amides is 2. The molecule has 0 saturated carbocycles. The summed E-state index contributed by atoms with van der Waals surface area (Å²) in [4.78, 5) is 24.0. The Hall–Kier alpha value is -1.30. The Morgan fingerprint density at radius 3 is 2.75 bits per heavy atom. The van der Waals surface area contributed by atoms with Crippen LogP contribution in [0.2, 0.25) is 0 Å². The maximum Gasteiger partial charge on any atom is 0.325 e. The van der Waals surface area contributed by atoms with E-state index >= 15 is 0 Å². The molecule has 0 bridgehead atoms. The van der Waals surface area contributed by atoms with Crippen LogP contribution >= 0.6 is 0 Å². The highest BCUT2D eigenvalue weighted by Gasteiger charge is 2.33. The number of hydrogen-bond acceptors (Lipinski definition) is 4. The zero-order valence-corrected chi connectivity index (χ0v) is 9.65. The molecule has 2 N–H and O–H groups in total. The number of nitrogens with one attached hydrogen (secondary N) is 1. The van der Waals surface area contributed by atoms with Gasteiger partial charge in [-0.15, -0.1) is 0 Å². The largest absolute Gasteiger partial charge is 0.465 e. The molecule has 0 aromatic heterocycles. The number of β-amino-alcohol motifs (C(OH)–C–C–N with tert-alkyl or cyclic N) is 1. The molecule has 1 unspecified atom stereocenters. The van der Waals surface area contributed by atoms with E-state index < -0.39 is 11.6 Å². The molecule has 1 rings (SSSR count). The average Bonchev–Trinajstić information content (AvgIpc) is 2.56. The highest BCUT2D eigenvalue weighted by Crippen LogP contribution is 2.19. The molecule has 1 aliphatic rings. The van der Waals surface area contributed by atoms with Crippen molar-refractivity contribution in [3.63, 3.8) is 0 Å². The second-order valence-electron chi connectivity index (χ2n) is 4.13. The summed E-state index contributed by atoms with van der Waals surface area (Å²) in [5.74, 6) is -0.457. The lowest BCUT2D eigenvalue weighted by Gasteiger charge is -2.19. The monoisotopic (exact) mass is 230 g/mol. The highest BCUT2D eigenvalue weighted by molar-refractivity contribution is 5.81. The smallest absolute Gasteiger partial charge is 0.325 e. The average molecular weight is 230 g/mol. The zero-order chi connectivity index (χ0) is 12.2. The first-order valence-corrected chi connectivity index (χ1v) is 5.35. The van der Waals surface area contributed by atoms with Gasteiger partial charge >= 0.3 is 12.0 Å². The Balaban J connectivity index is 2.29. The number of rotatable bonds is 3. The van der Waals surface area contributed by atoms with Crippen molar-refractivity contribution in [3.05, 3.63) is 0 Å². The van der Waals surface area contributed by atoms with E-state index in [1.165, 1.54) is 4.90 Å². The van der Waals surface area contributed by atoms with E-state index in [0.29, 0.717) is 26.1 Å². The zero-order valence-electron chi connectivity index (χ0n) is 9.65. The van der Waals surface area contributed by atoms with Crippen LogP contribution in [0.3, 0.4) is 0 Å². The van der Waals surface area contributed by atoms with Gasteiger partial charge in [-0.05, 0) is 20.3 Å². The lowest BCUT2D eigenvalue weighted by molar-refractivity contribution is -0.141. The number of hydrogen-bond donors (Lipinski definition) is 2. The molecule has 1 fully saturated rings. The standard InChI is InChI=1S/C10H18N2O4/c1-3-16-8(13)6-11-9(14)12-5-4-10(2,15)7-12/h15H,3-7H2,1-2H3,(H,11,14). The summed E-state index contributed by atoms with van der Waals surface area (Å²) in [6.45, 7) is 4.35. The molecule has 0 aliphatic carbocycles. The number of aliphatic hydroxyl groups is 1. The summed E-state index contributed by atoms with van der Waals surface area (Å²) in [5, 5.41) is 12.1. The molecule has 2 amide bonds. The molecular weight excluding hydrogens is 212 g/mol. The van der Waals surface area contributed by atoms with Gasteiger partial charge in [0.1, 0.15) is 6.54 Å². The highest BCUT2D eigenvalue weighted by atomic mass is 16.5. The maximum atomic E-state index is 11.5. The summed E-state index contributed by atoms with van der Waals surface area (Å²) >= 11 is 0. The Labute approximate surface area is 94.6 Å². The third kappa shape index (κ3) is 3.69. The second kappa shape index (κ2) is 5.16. The van der Waals surface area contributed by atoms with Crippen LogP contribution in [0.1, 0.15) is 20.3 Å². The van der Waals surface area contributed by atoms with Gasteiger partial charge in [-0.3, -0.25) is 4.79 Å². The summed E-state index contributed by atoms with van der Waals surface area (Å²) in [6, 6.07) is -0.342. The second-order valence-corrected chi connectivity index (χ2v) is 4.13. The van der Waals surface area contributed by atoms with Gasteiger partial charge in [-0.2, -0.15) is 0 Å². The van der Waals surface area contributed by atoms with E-state index in [0.717, 1.165) is 0 Å². The van der Waals surface area contributed by atoms with Gasteiger partial charge in [0.05, 0.1) is 18.8 Å². The van der Waals surface area contributed by atoms with Crippen LogP contribution in [0.25, 0.3) is 0 Å². The first-order valence-electron chi connectivity index (χ1n) is 5.35. The number of nitrogens with zero attached hydrogens (tertiary/aromatic N) is 1. The first-order chi connectivity index (χ1) is 7.44. The van der Waals surface area contributed by atoms with Crippen LogP contribution in [0, 0.1) is 0 Å². The molecule has 0 spiro atoms. The predicted octanol–water partition coefficient (Wildman–Crippen LogP) is -0.284. The Bertz CT molecular complexity index is 278. The van der Waals surface area contributed by atoms with E-state index in [9.17, 15) is 14.7 Å². The van der Waals surface area contributed by atoms with Gasteiger partial charge in [0.2, 0.25) is 0 Å². The Morgan fingerprint density at radius 1 is 1.56 bits per heavy atom. The molecule has 16 heavy (non-hydrogen) atoms. The molecule has 0 radical (unpaired) electrons. The van der Waals surface area contributed by atoms with Crippen LogP contribution in [0.5, 0.6) is 0 Å². The number of likely N-dealkylation sites (tertiary alicyclic amines) is 1. The summed E-state index contributed by atoms with van der Waals surface area (Å²) < 4.78 is 4.67. The van der Waals surface area contributed by atoms with Crippen LogP contribution in [0.15, 0.2) is 0 Å². The van der Waals surface area contributed by atoms with Crippen LogP contribution in [-0.2, 0) is 9.53 Å². The number of carbonyl (C=O) groups excluding carboxylic acids is 2. The van der Waals surface area contributed by atoms with Crippen molar-refractivity contribution in [2.24, 2.45) is 0 Å². The molecule has 1 saturated heterocycles. The SMILES string of the molecule is CCOC(=O)CNC(=O)N1CCC(C)(O)C1. The molecule has 1 heterocycles. The molecule has 6 nitrogen and oxygen atoms in total. The van der Waals surface area contributed by atoms with Gasteiger partial charge in [-0.1, -0.05) is 0 Å². The number of carbonyl (C=O) groups is 2. The fraction of sp³-hybridized carbons (Fsp3) is 0.800. The fourth-order valence-electron chi connectivity index (χ4n) is 1.59. The van der Waals surface area contributed by atoms with Crippen molar-refractivity contribution < 1.29 is 19.4 Å². The van der Waals surface area contributed by atoms with Crippen LogP contribution < -0.4 is 5.32 Å². The predicted molar refractivity (Wildman–Crippen MR) is 56.8 cm³/mol. The normalized spacial score (nSPS) is 24.3. The van der Waals surface area contributed by atoms with Crippen molar-refractivity contribution in [2.75, 3.05) is 26.2 Å². The van der Waals surface area contributed by atoms with Gasteiger partial charge in [0.15, 0.2) is 0 Å². The summed E-state index contributed by atoms with van der Waals surface area (Å²) in [6.07, 6.45) is 0.555. The van der Waals surface area contributed by atoms with Crippen molar-refractivity contribution in [1.82, 2.24) is 10.2 Å². The Kier molecular flexibility index (Phi) is 4.12. The minimum atomic E-state index is -0.818. The minimum Gasteiger partial charge on any atom is -0.465 e. The van der Waals surface area contributed by atoms with E-state index in [1.54, 1.807) is 13.8 Å². The first kappa shape index (κ1) is 12.8. The number of urea groups is 1. The molecule has 92 valence electrons. The third-order valence-electron chi connectivity index (χ3n) is 2.43.